The van der Waals surface area contributed by atoms with Crippen LogP contribution in [0.2, 0.25) is 0 Å². The van der Waals surface area contributed by atoms with Crippen molar-refractivity contribution in [2.75, 3.05) is 10.6 Å². The van der Waals surface area contributed by atoms with Crippen LogP contribution in [-0.4, -0.2) is 16.8 Å². The standard InChI is InChI=1S/C21H19N3O2/c1-14-10-12-16(13-11-14)20(25)23-18-8-4-3-7-17(18)21(26)24-19-9-5-6-15(2)22-19/h3-13H,1-2H3,(H,23,25)(H,22,24,26). The Balaban J connectivity index is 1.80. The minimum absolute atomic E-state index is 0.265. The van der Waals surface area contributed by atoms with E-state index in [1.54, 1.807) is 42.5 Å². The Kier molecular flexibility index (Phi) is 5.08. The minimum Gasteiger partial charge on any atom is -0.321 e. The maximum Gasteiger partial charge on any atom is 0.258 e. The van der Waals surface area contributed by atoms with E-state index in [0.717, 1.165) is 11.3 Å². The van der Waals surface area contributed by atoms with Gasteiger partial charge in [0.1, 0.15) is 5.82 Å². The number of rotatable bonds is 4. The zero-order chi connectivity index (χ0) is 18.5. The molecule has 3 rings (SSSR count). The fourth-order valence-corrected chi connectivity index (χ4v) is 2.49. The van der Waals surface area contributed by atoms with Gasteiger partial charge >= 0.3 is 0 Å². The van der Waals surface area contributed by atoms with Crippen molar-refractivity contribution < 1.29 is 9.59 Å². The molecule has 130 valence electrons. The number of hydrogen-bond donors (Lipinski definition) is 2. The zero-order valence-corrected chi connectivity index (χ0v) is 14.6. The number of aryl methyl sites for hydroxylation is 2. The van der Waals surface area contributed by atoms with E-state index in [2.05, 4.69) is 15.6 Å². The summed E-state index contributed by atoms with van der Waals surface area (Å²) in [5.41, 5.74) is 3.24. The molecule has 0 unspecified atom stereocenters. The number of nitrogens with zero attached hydrogens (tertiary/aromatic N) is 1. The fraction of sp³-hybridized carbons (Fsp3) is 0.0952. The fourth-order valence-electron chi connectivity index (χ4n) is 2.49. The van der Waals surface area contributed by atoms with Crippen LogP contribution in [0.3, 0.4) is 0 Å². The highest BCUT2D eigenvalue weighted by Crippen LogP contribution is 2.18. The molecule has 5 nitrogen and oxygen atoms in total. The van der Waals surface area contributed by atoms with Gasteiger partial charge in [0.15, 0.2) is 0 Å². The summed E-state index contributed by atoms with van der Waals surface area (Å²) in [5, 5.41) is 5.56. The second-order valence-corrected chi connectivity index (χ2v) is 5.98. The molecule has 2 N–H and O–H groups in total. The molecule has 0 fully saturated rings. The van der Waals surface area contributed by atoms with Crippen molar-refractivity contribution in [3.8, 4) is 0 Å². The molecule has 2 aromatic carbocycles. The molecule has 0 spiro atoms. The lowest BCUT2D eigenvalue weighted by Crippen LogP contribution is -2.18. The molecule has 0 aliphatic heterocycles. The van der Waals surface area contributed by atoms with E-state index in [-0.39, 0.29) is 11.8 Å². The SMILES string of the molecule is Cc1ccc(C(=O)Nc2ccccc2C(=O)Nc2cccc(C)n2)cc1. The van der Waals surface area contributed by atoms with Gasteiger partial charge in [0.05, 0.1) is 11.3 Å². The number of carbonyl (C=O) groups is 2. The molecule has 0 aliphatic carbocycles. The summed E-state index contributed by atoms with van der Waals surface area (Å²) in [5.74, 6) is -0.128. The number of aromatic nitrogens is 1. The van der Waals surface area contributed by atoms with Crippen LogP contribution >= 0.6 is 0 Å². The van der Waals surface area contributed by atoms with E-state index in [1.165, 1.54) is 0 Å². The lowest BCUT2D eigenvalue weighted by Gasteiger charge is -2.11. The van der Waals surface area contributed by atoms with Crippen molar-refractivity contribution in [2.24, 2.45) is 0 Å². The van der Waals surface area contributed by atoms with Crippen LogP contribution in [0, 0.1) is 13.8 Å². The van der Waals surface area contributed by atoms with Crippen molar-refractivity contribution in [1.82, 2.24) is 4.98 Å². The Labute approximate surface area is 152 Å². The van der Waals surface area contributed by atoms with Crippen LogP contribution in [0.5, 0.6) is 0 Å². The number of pyridine rings is 1. The third-order valence-electron chi connectivity index (χ3n) is 3.86. The molecule has 3 aromatic rings. The predicted octanol–water partition coefficient (Wildman–Crippen LogP) is 4.20. The lowest BCUT2D eigenvalue weighted by molar-refractivity contribution is 0.102. The van der Waals surface area contributed by atoms with Crippen molar-refractivity contribution >= 4 is 23.3 Å². The van der Waals surface area contributed by atoms with Gasteiger partial charge in [0, 0.05) is 11.3 Å². The van der Waals surface area contributed by atoms with Crippen molar-refractivity contribution in [2.45, 2.75) is 13.8 Å². The summed E-state index contributed by atoms with van der Waals surface area (Å²) in [6.45, 7) is 3.81. The van der Waals surface area contributed by atoms with Crippen molar-refractivity contribution in [3.05, 3.63) is 89.1 Å². The van der Waals surface area contributed by atoms with Gasteiger partial charge in [-0.2, -0.15) is 0 Å². The second kappa shape index (κ2) is 7.61. The van der Waals surface area contributed by atoms with Crippen LogP contribution in [0.4, 0.5) is 11.5 Å². The lowest BCUT2D eigenvalue weighted by atomic mass is 10.1. The maximum absolute atomic E-state index is 12.6. The van der Waals surface area contributed by atoms with E-state index >= 15 is 0 Å². The van der Waals surface area contributed by atoms with Crippen LogP contribution in [0.25, 0.3) is 0 Å². The Morgan fingerprint density at radius 3 is 2.23 bits per heavy atom. The topological polar surface area (TPSA) is 71.1 Å². The molecule has 26 heavy (non-hydrogen) atoms. The number of benzene rings is 2. The Hall–Kier alpha value is -3.47. The first-order valence-corrected chi connectivity index (χ1v) is 8.25. The van der Waals surface area contributed by atoms with Gasteiger partial charge < -0.3 is 10.6 Å². The van der Waals surface area contributed by atoms with E-state index in [9.17, 15) is 9.59 Å². The first-order valence-electron chi connectivity index (χ1n) is 8.25. The summed E-state index contributed by atoms with van der Waals surface area (Å²) in [6.07, 6.45) is 0. The van der Waals surface area contributed by atoms with Crippen LogP contribution in [-0.2, 0) is 0 Å². The number of hydrogen-bond acceptors (Lipinski definition) is 3. The third-order valence-corrected chi connectivity index (χ3v) is 3.86. The van der Waals surface area contributed by atoms with Gasteiger partial charge in [-0.3, -0.25) is 9.59 Å². The summed E-state index contributed by atoms with van der Waals surface area (Å²) >= 11 is 0. The van der Waals surface area contributed by atoms with E-state index in [4.69, 9.17) is 0 Å². The summed E-state index contributed by atoms with van der Waals surface area (Å²) < 4.78 is 0. The first-order chi connectivity index (χ1) is 12.5. The number of amides is 2. The normalized spacial score (nSPS) is 10.2. The molecular weight excluding hydrogens is 326 g/mol. The molecule has 0 saturated carbocycles. The van der Waals surface area contributed by atoms with Gasteiger partial charge in [-0.15, -0.1) is 0 Å². The Morgan fingerprint density at radius 2 is 1.50 bits per heavy atom. The van der Waals surface area contributed by atoms with Gasteiger partial charge in [0.2, 0.25) is 0 Å². The molecule has 0 radical (unpaired) electrons. The monoisotopic (exact) mass is 345 g/mol. The Morgan fingerprint density at radius 1 is 0.769 bits per heavy atom. The predicted molar refractivity (Wildman–Crippen MR) is 103 cm³/mol. The van der Waals surface area contributed by atoms with Gasteiger partial charge in [0.25, 0.3) is 11.8 Å². The molecule has 5 heteroatoms. The summed E-state index contributed by atoms with van der Waals surface area (Å²) in [6, 6.07) is 19.5. The number of carbonyl (C=O) groups excluding carboxylic acids is 2. The van der Waals surface area contributed by atoms with Crippen LogP contribution in [0.1, 0.15) is 32.0 Å². The third kappa shape index (κ3) is 4.13. The minimum atomic E-state index is -0.331. The highest BCUT2D eigenvalue weighted by atomic mass is 16.2. The number of para-hydroxylation sites is 1. The van der Waals surface area contributed by atoms with Gasteiger partial charge in [-0.1, -0.05) is 35.9 Å². The van der Waals surface area contributed by atoms with Crippen molar-refractivity contribution in [3.63, 3.8) is 0 Å². The Bertz CT molecular complexity index is 949. The van der Waals surface area contributed by atoms with E-state index < -0.39 is 0 Å². The van der Waals surface area contributed by atoms with Crippen LogP contribution in [0.15, 0.2) is 66.7 Å². The number of nitrogens with one attached hydrogen (secondary N) is 2. The van der Waals surface area contributed by atoms with Gasteiger partial charge in [-0.25, -0.2) is 4.98 Å². The molecule has 0 aliphatic rings. The summed E-state index contributed by atoms with van der Waals surface area (Å²) in [7, 11) is 0. The van der Waals surface area contributed by atoms with Gasteiger partial charge in [-0.05, 0) is 50.2 Å². The molecule has 1 heterocycles. The largest absolute Gasteiger partial charge is 0.321 e. The number of anilines is 2. The maximum atomic E-state index is 12.6. The average Bonchev–Trinajstić information content (AvgIpc) is 2.62. The van der Waals surface area contributed by atoms with E-state index in [1.807, 2.05) is 38.1 Å². The molecule has 0 atom stereocenters. The molecular formula is C21H19N3O2. The van der Waals surface area contributed by atoms with Crippen molar-refractivity contribution in [1.29, 1.82) is 0 Å². The van der Waals surface area contributed by atoms with Crippen LogP contribution < -0.4 is 10.6 Å². The quantitative estimate of drug-likeness (QED) is 0.744. The average molecular weight is 345 g/mol. The molecule has 0 saturated heterocycles. The second-order valence-electron chi connectivity index (χ2n) is 5.98. The first kappa shape index (κ1) is 17.4. The molecule has 1 aromatic heterocycles. The smallest absolute Gasteiger partial charge is 0.258 e. The molecule has 2 amide bonds. The summed E-state index contributed by atoms with van der Waals surface area (Å²) in [4.78, 5) is 29.3. The zero-order valence-electron chi connectivity index (χ0n) is 14.6. The highest BCUT2D eigenvalue weighted by molar-refractivity contribution is 6.12. The highest BCUT2D eigenvalue weighted by Gasteiger charge is 2.14. The molecule has 0 bridgehead atoms. The van der Waals surface area contributed by atoms with E-state index in [0.29, 0.717) is 22.6 Å².